The van der Waals surface area contributed by atoms with Gasteiger partial charge in [-0.15, -0.1) is 0 Å². The van der Waals surface area contributed by atoms with Gasteiger partial charge in [0.15, 0.2) is 0 Å². The average Bonchev–Trinajstić information content (AvgIpc) is 2.44. The van der Waals surface area contributed by atoms with Gasteiger partial charge in [-0.2, -0.15) is 0 Å². The third-order valence-corrected chi connectivity index (χ3v) is 2.94. The summed E-state index contributed by atoms with van der Waals surface area (Å²) in [7, 11) is 1.60. The molecule has 6 heteroatoms. The van der Waals surface area contributed by atoms with E-state index in [1.165, 1.54) is 0 Å². The molecule has 6 nitrogen and oxygen atoms in total. The molecular weight excluding hydrogens is 260 g/mol. The molecule has 0 aromatic heterocycles. The van der Waals surface area contributed by atoms with Crippen LogP contribution in [0.25, 0.3) is 0 Å². The predicted molar refractivity (Wildman–Crippen MR) is 77.3 cm³/mol. The Hall–Kier alpha value is -1.79. The first kappa shape index (κ1) is 16.3. The number of benzene rings is 1. The molecule has 0 saturated carbocycles. The van der Waals surface area contributed by atoms with Crippen LogP contribution in [-0.4, -0.2) is 49.5 Å². The molecule has 0 amide bonds. The summed E-state index contributed by atoms with van der Waals surface area (Å²) in [6.45, 7) is 3.80. The zero-order chi connectivity index (χ0) is 15.0. The summed E-state index contributed by atoms with van der Waals surface area (Å²) in [6.07, 6.45) is 0. The zero-order valence-electron chi connectivity index (χ0n) is 11.9. The topological polar surface area (TPSA) is 82.0 Å². The van der Waals surface area contributed by atoms with E-state index < -0.39 is 5.97 Å². The molecule has 0 fully saturated rings. The fourth-order valence-corrected chi connectivity index (χ4v) is 1.98. The molecule has 0 aliphatic carbocycles. The first-order valence-electron chi connectivity index (χ1n) is 6.57. The third-order valence-electron chi connectivity index (χ3n) is 2.94. The molecule has 0 aliphatic rings. The lowest BCUT2D eigenvalue weighted by Crippen LogP contribution is -2.26. The number of carboxylic acids is 1. The van der Waals surface area contributed by atoms with Gasteiger partial charge in [0.05, 0.1) is 25.9 Å². The number of hydrogen-bond donors (Lipinski definition) is 3. The number of rotatable bonds is 9. The Labute approximate surface area is 119 Å². The Morgan fingerprint density at radius 2 is 2.20 bits per heavy atom. The molecule has 0 unspecified atom stereocenters. The maximum Gasteiger partial charge on any atom is 0.317 e. The van der Waals surface area contributed by atoms with Gasteiger partial charge in [-0.05, 0) is 24.6 Å². The molecule has 3 N–H and O–H groups in total. The number of aliphatic carboxylic acids is 1. The SMILES string of the molecule is CCN(CCO)c1ccc(CNCC(=O)O)cc1OC. The number of carboxylic acid groups (broad SMARTS) is 1. The predicted octanol–water partition coefficient (Wildman–Crippen LogP) is 0.688. The van der Waals surface area contributed by atoms with Gasteiger partial charge in [-0.25, -0.2) is 0 Å². The van der Waals surface area contributed by atoms with E-state index in [1.807, 2.05) is 30.0 Å². The van der Waals surface area contributed by atoms with Crippen molar-refractivity contribution < 1.29 is 19.7 Å². The quantitative estimate of drug-likeness (QED) is 0.618. The van der Waals surface area contributed by atoms with Gasteiger partial charge in [0.2, 0.25) is 0 Å². The van der Waals surface area contributed by atoms with Crippen LogP contribution < -0.4 is 15.0 Å². The molecule has 0 radical (unpaired) electrons. The largest absolute Gasteiger partial charge is 0.495 e. The van der Waals surface area contributed by atoms with Crippen LogP contribution in [0.1, 0.15) is 12.5 Å². The van der Waals surface area contributed by atoms with E-state index in [0.717, 1.165) is 23.5 Å². The van der Waals surface area contributed by atoms with Crippen LogP contribution in [0.3, 0.4) is 0 Å². The van der Waals surface area contributed by atoms with Gasteiger partial charge in [0.1, 0.15) is 5.75 Å². The third kappa shape index (κ3) is 4.71. The number of aliphatic hydroxyl groups is 1. The minimum atomic E-state index is -0.881. The number of aliphatic hydroxyl groups excluding tert-OH is 1. The van der Waals surface area contributed by atoms with Gasteiger partial charge in [-0.1, -0.05) is 6.07 Å². The van der Waals surface area contributed by atoms with Crippen molar-refractivity contribution >= 4 is 11.7 Å². The number of nitrogens with one attached hydrogen (secondary N) is 1. The molecule has 0 heterocycles. The first-order valence-corrected chi connectivity index (χ1v) is 6.57. The van der Waals surface area contributed by atoms with Gasteiger partial charge < -0.3 is 25.2 Å². The zero-order valence-corrected chi connectivity index (χ0v) is 11.9. The van der Waals surface area contributed by atoms with Crippen LogP contribution in [-0.2, 0) is 11.3 Å². The number of anilines is 1. The molecule has 1 aromatic carbocycles. The van der Waals surface area contributed by atoms with Gasteiger partial charge in [0.25, 0.3) is 0 Å². The Morgan fingerprint density at radius 1 is 1.45 bits per heavy atom. The lowest BCUT2D eigenvalue weighted by Gasteiger charge is -2.24. The second-order valence-corrected chi connectivity index (χ2v) is 4.31. The number of methoxy groups -OCH3 is 1. The van der Waals surface area contributed by atoms with E-state index in [4.69, 9.17) is 14.9 Å². The minimum absolute atomic E-state index is 0.0737. The summed E-state index contributed by atoms with van der Waals surface area (Å²) in [5.41, 5.74) is 1.87. The Morgan fingerprint density at radius 3 is 2.75 bits per heavy atom. The normalized spacial score (nSPS) is 10.3. The van der Waals surface area contributed by atoms with Crippen molar-refractivity contribution in [2.75, 3.05) is 38.3 Å². The molecule has 0 atom stereocenters. The highest BCUT2D eigenvalue weighted by Crippen LogP contribution is 2.29. The monoisotopic (exact) mass is 282 g/mol. The van der Waals surface area contributed by atoms with Crippen LogP contribution in [0.5, 0.6) is 5.75 Å². The molecule has 0 saturated heterocycles. The van der Waals surface area contributed by atoms with E-state index in [9.17, 15) is 4.79 Å². The second kappa shape index (κ2) is 8.39. The summed E-state index contributed by atoms with van der Waals surface area (Å²) < 4.78 is 5.38. The van der Waals surface area contributed by atoms with Crippen molar-refractivity contribution in [3.63, 3.8) is 0 Å². The maximum atomic E-state index is 10.4. The number of carbonyl (C=O) groups is 1. The minimum Gasteiger partial charge on any atom is -0.495 e. The van der Waals surface area contributed by atoms with Crippen molar-refractivity contribution in [2.45, 2.75) is 13.5 Å². The fraction of sp³-hybridized carbons (Fsp3) is 0.500. The number of likely N-dealkylation sites (N-methyl/N-ethyl adjacent to an activating group) is 1. The average molecular weight is 282 g/mol. The van der Waals surface area contributed by atoms with E-state index >= 15 is 0 Å². The molecule has 1 aromatic rings. The summed E-state index contributed by atoms with van der Waals surface area (Å²) in [5.74, 6) is -0.163. The number of nitrogens with zero attached hydrogens (tertiary/aromatic N) is 1. The lowest BCUT2D eigenvalue weighted by molar-refractivity contribution is -0.135. The number of ether oxygens (including phenoxy) is 1. The molecule has 20 heavy (non-hydrogen) atoms. The standard InChI is InChI=1S/C14H22N2O4/c1-3-16(6-7-17)12-5-4-11(8-13(12)20-2)9-15-10-14(18)19/h4-5,8,15,17H,3,6-7,9-10H2,1-2H3,(H,18,19). The van der Waals surface area contributed by atoms with E-state index in [2.05, 4.69) is 5.32 Å². The van der Waals surface area contributed by atoms with Crippen molar-refractivity contribution in [1.29, 1.82) is 0 Å². The van der Waals surface area contributed by atoms with Crippen molar-refractivity contribution in [2.24, 2.45) is 0 Å². The van der Waals surface area contributed by atoms with Crippen molar-refractivity contribution in [3.05, 3.63) is 23.8 Å². The Kier molecular flexibility index (Phi) is 6.83. The fourth-order valence-electron chi connectivity index (χ4n) is 1.98. The second-order valence-electron chi connectivity index (χ2n) is 4.31. The van der Waals surface area contributed by atoms with E-state index in [1.54, 1.807) is 7.11 Å². The first-order chi connectivity index (χ1) is 9.62. The van der Waals surface area contributed by atoms with Crippen LogP contribution in [0.15, 0.2) is 18.2 Å². The van der Waals surface area contributed by atoms with Crippen LogP contribution in [0.4, 0.5) is 5.69 Å². The van der Waals surface area contributed by atoms with Gasteiger partial charge in [-0.3, -0.25) is 4.79 Å². The molecular formula is C14H22N2O4. The van der Waals surface area contributed by atoms with Crippen LogP contribution in [0.2, 0.25) is 0 Å². The lowest BCUT2D eigenvalue weighted by atomic mass is 10.1. The van der Waals surface area contributed by atoms with Crippen LogP contribution in [0, 0.1) is 0 Å². The van der Waals surface area contributed by atoms with Crippen molar-refractivity contribution in [3.8, 4) is 5.75 Å². The smallest absolute Gasteiger partial charge is 0.317 e. The summed E-state index contributed by atoms with van der Waals surface area (Å²) in [5, 5.41) is 20.5. The summed E-state index contributed by atoms with van der Waals surface area (Å²) in [6, 6.07) is 5.73. The summed E-state index contributed by atoms with van der Waals surface area (Å²) in [4.78, 5) is 12.5. The summed E-state index contributed by atoms with van der Waals surface area (Å²) >= 11 is 0. The molecule has 0 bridgehead atoms. The number of hydrogen-bond acceptors (Lipinski definition) is 5. The van der Waals surface area contributed by atoms with Crippen molar-refractivity contribution in [1.82, 2.24) is 5.32 Å². The van der Waals surface area contributed by atoms with Crippen LogP contribution >= 0.6 is 0 Å². The molecule has 0 spiro atoms. The molecule has 1 rings (SSSR count). The highest BCUT2D eigenvalue weighted by molar-refractivity contribution is 5.69. The highest BCUT2D eigenvalue weighted by Gasteiger charge is 2.11. The molecule has 112 valence electrons. The van der Waals surface area contributed by atoms with E-state index in [0.29, 0.717) is 13.1 Å². The van der Waals surface area contributed by atoms with Gasteiger partial charge >= 0.3 is 5.97 Å². The maximum absolute atomic E-state index is 10.4. The molecule has 0 aliphatic heterocycles. The van der Waals surface area contributed by atoms with Gasteiger partial charge in [0, 0.05) is 19.6 Å². The Bertz CT molecular complexity index is 437. The Balaban J connectivity index is 2.81. The van der Waals surface area contributed by atoms with E-state index in [-0.39, 0.29) is 13.2 Å². The highest BCUT2D eigenvalue weighted by atomic mass is 16.5.